The molecule has 0 saturated heterocycles. The Kier molecular flexibility index (Phi) is 9.31. The van der Waals surface area contributed by atoms with Gasteiger partial charge in [-0.3, -0.25) is 13.9 Å². The number of nitrogens with zero attached hydrogens (tertiary/aromatic N) is 2. The summed E-state index contributed by atoms with van der Waals surface area (Å²) < 4.78 is 26.5. The van der Waals surface area contributed by atoms with E-state index in [0.29, 0.717) is 29.2 Å². The van der Waals surface area contributed by atoms with Gasteiger partial charge in [0.15, 0.2) is 0 Å². The maximum Gasteiger partial charge on any atom is 0.244 e. The fourth-order valence-corrected chi connectivity index (χ4v) is 4.72. The highest BCUT2D eigenvalue weighted by Crippen LogP contribution is 2.26. The van der Waals surface area contributed by atoms with Crippen molar-refractivity contribution in [2.75, 3.05) is 23.7 Å². The molecule has 7 nitrogen and oxygen atoms in total. The van der Waals surface area contributed by atoms with Gasteiger partial charge in [-0.1, -0.05) is 48.9 Å². The molecule has 33 heavy (non-hydrogen) atoms. The van der Waals surface area contributed by atoms with Crippen molar-refractivity contribution >= 4 is 39.1 Å². The zero-order chi connectivity index (χ0) is 24.8. The fourth-order valence-electron chi connectivity index (χ4n) is 3.62. The summed E-state index contributed by atoms with van der Waals surface area (Å²) in [5.74, 6) is -0.780. The molecule has 2 amide bonds. The molecule has 2 aromatic rings. The molecule has 0 fully saturated rings. The molecule has 0 radical (unpaired) electrons. The van der Waals surface area contributed by atoms with E-state index in [9.17, 15) is 18.0 Å². The van der Waals surface area contributed by atoms with E-state index in [-0.39, 0.29) is 12.5 Å². The molecule has 1 atom stereocenters. The minimum absolute atomic E-state index is 0.0819. The number of hydrogen-bond donors (Lipinski definition) is 1. The summed E-state index contributed by atoms with van der Waals surface area (Å²) >= 11 is 6.33. The number of rotatable bonds is 10. The van der Waals surface area contributed by atoms with E-state index in [1.807, 2.05) is 26.8 Å². The van der Waals surface area contributed by atoms with Crippen molar-refractivity contribution in [2.24, 2.45) is 0 Å². The van der Waals surface area contributed by atoms with Crippen LogP contribution in [-0.2, 0) is 26.2 Å². The molecule has 0 heterocycles. The molecular weight excluding hydrogens is 462 g/mol. The first-order valence-corrected chi connectivity index (χ1v) is 13.1. The number of hydrogen-bond acceptors (Lipinski definition) is 4. The number of carbonyl (C=O) groups is 2. The Morgan fingerprint density at radius 2 is 1.73 bits per heavy atom. The average Bonchev–Trinajstić information content (AvgIpc) is 2.74. The van der Waals surface area contributed by atoms with Crippen molar-refractivity contribution in [3.8, 4) is 0 Å². The van der Waals surface area contributed by atoms with Crippen molar-refractivity contribution in [1.82, 2.24) is 10.2 Å². The minimum atomic E-state index is -3.77. The summed E-state index contributed by atoms with van der Waals surface area (Å²) in [6.07, 6.45) is 1.44. The Labute approximate surface area is 201 Å². The monoisotopic (exact) mass is 493 g/mol. The molecule has 9 heteroatoms. The zero-order valence-electron chi connectivity index (χ0n) is 19.8. The van der Waals surface area contributed by atoms with Gasteiger partial charge in [0, 0.05) is 18.1 Å². The number of aryl methyl sites for hydroxylation is 1. The number of amides is 2. The van der Waals surface area contributed by atoms with Gasteiger partial charge < -0.3 is 10.2 Å². The van der Waals surface area contributed by atoms with Crippen molar-refractivity contribution in [3.05, 3.63) is 64.2 Å². The van der Waals surface area contributed by atoms with Gasteiger partial charge in [0.25, 0.3) is 0 Å². The maximum absolute atomic E-state index is 13.6. The number of nitrogens with one attached hydrogen (secondary N) is 1. The third-order valence-electron chi connectivity index (χ3n) is 5.56. The van der Waals surface area contributed by atoms with Gasteiger partial charge in [-0.2, -0.15) is 0 Å². The zero-order valence-corrected chi connectivity index (χ0v) is 21.3. The minimum Gasteiger partial charge on any atom is -0.355 e. The number of likely N-dealkylation sites (N-methyl/N-ethyl adjacent to an activating group) is 1. The predicted molar refractivity (Wildman–Crippen MR) is 133 cm³/mol. The van der Waals surface area contributed by atoms with Crippen molar-refractivity contribution in [1.29, 1.82) is 0 Å². The summed E-state index contributed by atoms with van der Waals surface area (Å²) in [6, 6.07) is 11.6. The molecular formula is C24H32ClN3O4S. The Hall–Kier alpha value is -2.58. The molecule has 180 valence electrons. The van der Waals surface area contributed by atoms with Crippen LogP contribution in [0, 0.1) is 13.8 Å². The van der Waals surface area contributed by atoms with Gasteiger partial charge in [-0.25, -0.2) is 8.42 Å². The molecule has 0 bridgehead atoms. The summed E-state index contributed by atoms with van der Waals surface area (Å²) in [5, 5.41) is 3.23. The second kappa shape index (κ2) is 11.5. The molecule has 1 N–H and O–H groups in total. The van der Waals surface area contributed by atoms with Gasteiger partial charge in [0.05, 0.1) is 11.9 Å². The van der Waals surface area contributed by atoms with E-state index in [2.05, 4.69) is 5.32 Å². The van der Waals surface area contributed by atoms with Gasteiger partial charge in [0.2, 0.25) is 21.8 Å². The van der Waals surface area contributed by atoms with Crippen LogP contribution in [0.25, 0.3) is 0 Å². The smallest absolute Gasteiger partial charge is 0.244 e. The van der Waals surface area contributed by atoms with Crippen LogP contribution in [0.15, 0.2) is 42.5 Å². The fraction of sp³-hybridized carbons (Fsp3) is 0.417. The maximum atomic E-state index is 13.6. The SMILES string of the molecule is CCNC(=O)C(CC)N(Cc1ccccc1Cl)C(=O)CN(c1cccc(C)c1C)S(C)(=O)=O. The normalized spacial score (nSPS) is 12.2. The Morgan fingerprint density at radius 3 is 2.30 bits per heavy atom. The first-order chi connectivity index (χ1) is 15.5. The summed E-state index contributed by atoms with van der Waals surface area (Å²) in [4.78, 5) is 27.8. The number of carbonyl (C=O) groups excluding carboxylic acids is 2. The van der Waals surface area contributed by atoms with Crippen LogP contribution >= 0.6 is 11.6 Å². The van der Waals surface area contributed by atoms with Crippen LogP contribution in [0.2, 0.25) is 5.02 Å². The summed E-state index contributed by atoms with van der Waals surface area (Å²) in [6.45, 7) is 7.39. The third kappa shape index (κ3) is 6.71. The summed E-state index contributed by atoms with van der Waals surface area (Å²) in [7, 11) is -3.77. The lowest BCUT2D eigenvalue weighted by atomic mass is 10.1. The Balaban J connectivity index is 2.49. The van der Waals surface area contributed by atoms with Gasteiger partial charge in [0.1, 0.15) is 12.6 Å². The van der Waals surface area contributed by atoms with Gasteiger partial charge in [-0.05, 0) is 56.0 Å². The molecule has 1 unspecified atom stereocenters. The molecule has 0 saturated carbocycles. The molecule has 0 aliphatic heterocycles. The topological polar surface area (TPSA) is 86.8 Å². The van der Waals surface area contributed by atoms with E-state index in [0.717, 1.165) is 21.7 Å². The van der Waals surface area contributed by atoms with E-state index in [1.54, 1.807) is 43.3 Å². The number of halogens is 1. The van der Waals surface area contributed by atoms with Crippen LogP contribution in [0.1, 0.15) is 37.0 Å². The van der Waals surface area contributed by atoms with E-state index in [4.69, 9.17) is 11.6 Å². The number of anilines is 1. The standard InChI is InChI=1S/C24H32ClN3O4S/c1-6-21(24(30)26-7-2)27(15-19-12-8-9-13-20(19)25)23(29)16-28(33(5,31)32)22-14-10-11-17(3)18(22)4/h8-14,21H,6-7,15-16H2,1-5H3,(H,26,30). The van der Waals surface area contributed by atoms with E-state index in [1.165, 1.54) is 4.90 Å². The Morgan fingerprint density at radius 1 is 1.06 bits per heavy atom. The highest BCUT2D eigenvalue weighted by atomic mass is 35.5. The molecule has 0 aliphatic rings. The lowest BCUT2D eigenvalue weighted by Gasteiger charge is -2.33. The van der Waals surface area contributed by atoms with Crippen molar-refractivity contribution in [2.45, 2.75) is 46.7 Å². The van der Waals surface area contributed by atoms with Crippen molar-refractivity contribution in [3.63, 3.8) is 0 Å². The lowest BCUT2D eigenvalue weighted by Crippen LogP contribution is -2.52. The van der Waals surface area contributed by atoms with Crippen molar-refractivity contribution < 1.29 is 18.0 Å². The van der Waals surface area contributed by atoms with Gasteiger partial charge >= 0.3 is 0 Å². The van der Waals surface area contributed by atoms with Gasteiger partial charge in [-0.15, -0.1) is 0 Å². The first kappa shape index (κ1) is 26.7. The summed E-state index contributed by atoms with van der Waals surface area (Å²) in [5.41, 5.74) is 2.79. The molecule has 2 aromatic carbocycles. The number of benzene rings is 2. The highest BCUT2D eigenvalue weighted by Gasteiger charge is 2.32. The second-order valence-electron chi connectivity index (χ2n) is 7.92. The van der Waals surface area contributed by atoms with Crippen LogP contribution < -0.4 is 9.62 Å². The average molecular weight is 494 g/mol. The molecule has 0 aromatic heterocycles. The second-order valence-corrected chi connectivity index (χ2v) is 10.2. The van der Waals surface area contributed by atoms with E-state index < -0.39 is 28.5 Å². The molecule has 0 aliphatic carbocycles. The largest absolute Gasteiger partial charge is 0.355 e. The molecule has 0 spiro atoms. The lowest BCUT2D eigenvalue weighted by molar-refractivity contribution is -0.140. The van der Waals surface area contributed by atoms with Crippen LogP contribution in [-0.4, -0.2) is 50.5 Å². The first-order valence-electron chi connectivity index (χ1n) is 10.9. The number of sulfonamides is 1. The third-order valence-corrected chi connectivity index (χ3v) is 7.05. The molecule has 2 rings (SSSR count). The Bertz CT molecular complexity index is 1100. The highest BCUT2D eigenvalue weighted by molar-refractivity contribution is 7.92. The van der Waals surface area contributed by atoms with Crippen LogP contribution in [0.3, 0.4) is 0 Å². The van der Waals surface area contributed by atoms with Crippen LogP contribution in [0.5, 0.6) is 0 Å². The quantitative estimate of drug-likeness (QED) is 0.547. The van der Waals surface area contributed by atoms with Crippen LogP contribution in [0.4, 0.5) is 5.69 Å². The predicted octanol–water partition coefficient (Wildman–Crippen LogP) is 3.67. The van der Waals surface area contributed by atoms with E-state index >= 15 is 0 Å².